The van der Waals surface area contributed by atoms with Crippen molar-refractivity contribution in [1.29, 1.82) is 0 Å². The Hall–Kier alpha value is -1.08. The molecule has 0 saturated carbocycles. The third-order valence-electron chi connectivity index (χ3n) is 5.25. The Balaban J connectivity index is 2.34. The number of ether oxygens (including phenoxy) is 4. The maximum Gasteiger partial charge on any atom is 0.417 e. The van der Waals surface area contributed by atoms with E-state index in [4.69, 9.17) is 18.9 Å². The van der Waals surface area contributed by atoms with Gasteiger partial charge in [-0.15, -0.1) is 0 Å². The summed E-state index contributed by atoms with van der Waals surface area (Å²) in [6.45, 7) is 9.57. The van der Waals surface area contributed by atoms with Crippen LogP contribution in [0.5, 0.6) is 0 Å². The smallest absolute Gasteiger partial charge is 0.417 e. The predicted octanol–water partition coefficient (Wildman–Crippen LogP) is 4.34. The second-order valence-corrected chi connectivity index (χ2v) is 10.5. The fraction of sp³-hybridized carbons (Fsp3) is 0.909. The van der Waals surface area contributed by atoms with Crippen LogP contribution in [0.3, 0.4) is 0 Å². The molecule has 8 nitrogen and oxygen atoms in total. The highest BCUT2D eigenvalue weighted by Crippen LogP contribution is 2.42. The number of alkyl halides is 3. The Morgan fingerprint density at radius 3 is 2.21 bits per heavy atom. The topological polar surface area (TPSA) is 89.8 Å². The second kappa shape index (κ2) is 12.2. The highest BCUT2D eigenvalue weighted by Gasteiger charge is 2.58. The molecule has 34 heavy (non-hydrogen) atoms. The Morgan fingerprint density at radius 2 is 1.71 bits per heavy atom. The Bertz CT molecular complexity index is 703. The van der Waals surface area contributed by atoms with Crippen molar-refractivity contribution in [2.24, 2.45) is 4.99 Å². The van der Waals surface area contributed by atoms with Crippen molar-refractivity contribution in [1.82, 2.24) is 4.90 Å². The van der Waals surface area contributed by atoms with Gasteiger partial charge in [0, 0.05) is 20.3 Å². The molecule has 2 rings (SSSR count). The van der Waals surface area contributed by atoms with Crippen molar-refractivity contribution in [3.05, 3.63) is 0 Å². The van der Waals surface area contributed by atoms with Gasteiger partial charge in [0.1, 0.15) is 35.4 Å². The minimum Gasteiger partial charge on any atom is -0.443 e. The van der Waals surface area contributed by atoms with Crippen LogP contribution in [0.4, 0.5) is 18.0 Å². The lowest BCUT2D eigenvalue weighted by atomic mass is 9.94. The van der Waals surface area contributed by atoms with Crippen LogP contribution in [0.2, 0.25) is 0 Å². The van der Waals surface area contributed by atoms with E-state index in [1.165, 1.54) is 11.9 Å². The first-order chi connectivity index (χ1) is 15.8. The van der Waals surface area contributed by atoms with Crippen molar-refractivity contribution < 1.29 is 42.0 Å². The summed E-state index contributed by atoms with van der Waals surface area (Å²) in [5.74, 6) is 0. The largest absolute Gasteiger partial charge is 0.443 e. The number of thioether (sulfide) groups is 1. The summed E-state index contributed by atoms with van der Waals surface area (Å²) >= 11 is 1.00. The van der Waals surface area contributed by atoms with Gasteiger partial charge in [-0.1, -0.05) is 38.5 Å². The molecule has 198 valence electrons. The zero-order chi connectivity index (χ0) is 25.7. The Kier molecular flexibility index (Phi) is 10.5. The molecule has 6 atom stereocenters. The van der Waals surface area contributed by atoms with Gasteiger partial charge in [0.05, 0.1) is 0 Å². The SMILES string of the molecule is CCCCO[C@@H]1[C@H]2N=C(N(C)C(=O)OC(C)(C)C)S[C@H]2O[C@H](C(O)C(F)(F)F)[C@H]1OCCCC. The van der Waals surface area contributed by atoms with Crippen molar-refractivity contribution in [2.45, 2.75) is 108 Å². The molecule has 2 aliphatic heterocycles. The van der Waals surface area contributed by atoms with E-state index >= 15 is 0 Å². The number of nitrogens with zero attached hydrogens (tertiary/aromatic N) is 2. The summed E-state index contributed by atoms with van der Waals surface area (Å²) in [6, 6.07) is -0.718. The van der Waals surface area contributed by atoms with E-state index in [0.717, 1.165) is 24.6 Å². The van der Waals surface area contributed by atoms with Gasteiger partial charge in [-0.3, -0.25) is 9.89 Å². The lowest BCUT2D eigenvalue weighted by Crippen LogP contribution is -2.62. The molecule has 2 heterocycles. The van der Waals surface area contributed by atoms with E-state index in [-0.39, 0.29) is 11.8 Å². The maximum absolute atomic E-state index is 13.5. The molecule has 1 amide bonds. The van der Waals surface area contributed by atoms with Crippen molar-refractivity contribution in [3.8, 4) is 0 Å². The molecule has 12 heteroatoms. The fourth-order valence-corrected chi connectivity index (χ4v) is 4.63. The van der Waals surface area contributed by atoms with E-state index in [9.17, 15) is 23.1 Å². The Morgan fingerprint density at radius 1 is 1.15 bits per heavy atom. The summed E-state index contributed by atoms with van der Waals surface area (Å²) in [5.41, 5.74) is -1.62. The third-order valence-corrected chi connectivity index (χ3v) is 6.46. The van der Waals surface area contributed by atoms with Crippen LogP contribution in [0.1, 0.15) is 60.3 Å². The van der Waals surface area contributed by atoms with E-state index in [2.05, 4.69) is 4.99 Å². The Labute approximate surface area is 203 Å². The molecule has 2 aliphatic rings. The van der Waals surface area contributed by atoms with Gasteiger partial charge in [0.15, 0.2) is 11.3 Å². The van der Waals surface area contributed by atoms with Gasteiger partial charge in [-0.05, 0) is 33.6 Å². The summed E-state index contributed by atoms with van der Waals surface area (Å²) in [7, 11) is 1.47. The lowest BCUT2D eigenvalue weighted by molar-refractivity contribution is -0.281. The zero-order valence-corrected chi connectivity index (χ0v) is 21.4. The van der Waals surface area contributed by atoms with E-state index < -0.39 is 53.8 Å². The van der Waals surface area contributed by atoms with Gasteiger partial charge in [0.2, 0.25) is 0 Å². The molecule has 0 radical (unpaired) electrons. The van der Waals surface area contributed by atoms with E-state index in [1.54, 1.807) is 20.8 Å². The average molecular weight is 515 g/mol. The van der Waals surface area contributed by atoms with Crippen LogP contribution < -0.4 is 0 Å². The quantitative estimate of drug-likeness (QED) is 0.458. The molecule has 0 aromatic carbocycles. The zero-order valence-electron chi connectivity index (χ0n) is 20.6. The van der Waals surface area contributed by atoms with Gasteiger partial charge in [0.25, 0.3) is 0 Å². The predicted molar refractivity (Wildman–Crippen MR) is 123 cm³/mol. The summed E-state index contributed by atoms with van der Waals surface area (Å²) in [4.78, 5) is 18.3. The number of halogens is 3. The number of carbonyl (C=O) groups excluding carboxylic acids is 1. The minimum absolute atomic E-state index is 0.193. The van der Waals surface area contributed by atoms with Crippen molar-refractivity contribution in [3.63, 3.8) is 0 Å². The summed E-state index contributed by atoms with van der Waals surface area (Å²) < 4.78 is 63.5. The molecule has 0 spiro atoms. The normalized spacial score (nSPS) is 28.3. The maximum atomic E-state index is 13.5. The number of amides is 1. The van der Waals surface area contributed by atoms with E-state index in [1.807, 2.05) is 13.8 Å². The second-order valence-electron chi connectivity index (χ2n) is 9.39. The number of amidine groups is 1. The third kappa shape index (κ3) is 7.71. The minimum atomic E-state index is -4.90. The molecule has 1 saturated heterocycles. The first-order valence-corrected chi connectivity index (χ1v) is 12.5. The van der Waals surface area contributed by atoms with Crippen molar-refractivity contribution in [2.75, 3.05) is 20.3 Å². The molecule has 1 N–H and O–H groups in total. The molecule has 1 unspecified atom stereocenters. The standard InChI is InChI=1S/C22H37F3N2O6S/c1-7-9-11-30-14-13-18(34-19(26-13)27(6)20(29)33-21(3,4)5)32-16(17(28)22(23,24)25)15(14)31-12-10-8-2/h13-18,28H,7-12H2,1-6H3/t13-,14-,15+,16+,17?,18-/m1/s1. The van der Waals surface area contributed by atoms with Gasteiger partial charge < -0.3 is 24.1 Å². The van der Waals surface area contributed by atoms with Gasteiger partial charge in [-0.25, -0.2) is 4.79 Å². The molecule has 0 aromatic rings. The number of aliphatic hydroxyl groups is 1. The first kappa shape index (κ1) is 29.2. The molecule has 1 fully saturated rings. The molecular weight excluding hydrogens is 477 g/mol. The van der Waals surface area contributed by atoms with Crippen LogP contribution >= 0.6 is 11.8 Å². The number of aliphatic hydroxyl groups excluding tert-OH is 1. The highest BCUT2D eigenvalue weighted by molar-refractivity contribution is 8.14. The first-order valence-electron chi connectivity index (χ1n) is 11.6. The number of carbonyl (C=O) groups is 1. The molecule has 0 aliphatic carbocycles. The summed E-state index contributed by atoms with van der Waals surface area (Å²) in [6.07, 6.45) is -9.14. The van der Waals surface area contributed by atoms with Crippen LogP contribution in [-0.4, -0.2) is 89.2 Å². The van der Waals surface area contributed by atoms with Gasteiger partial charge in [-0.2, -0.15) is 13.2 Å². The molecular formula is C22H37F3N2O6S. The van der Waals surface area contributed by atoms with Crippen LogP contribution in [0, 0.1) is 0 Å². The van der Waals surface area contributed by atoms with Crippen molar-refractivity contribution >= 4 is 23.0 Å². The van der Waals surface area contributed by atoms with Crippen LogP contribution in [-0.2, 0) is 18.9 Å². The van der Waals surface area contributed by atoms with E-state index in [0.29, 0.717) is 19.4 Å². The number of hydrogen-bond donors (Lipinski definition) is 1. The van der Waals surface area contributed by atoms with Crippen LogP contribution in [0.15, 0.2) is 4.99 Å². The van der Waals surface area contributed by atoms with Crippen LogP contribution in [0.25, 0.3) is 0 Å². The number of fused-ring (bicyclic) bond motifs is 1. The number of hydrogen-bond acceptors (Lipinski definition) is 8. The molecule has 0 bridgehead atoms. The van der Waals surface area contributed by atoms with Gasteiger partial charge >= 0.3 is 12.3 Å². The summed E-state index contributed by atoms with van der Waals surface area (Å²) in [5, 5.41) is 10.4. The monoisotopic (exact) mass is 514 g/mol. The molecule has 0 aromatic heterocycles. The number of unbranched alkanes of at least 4 members (excludes halogenated alkanes) is 2. The fourth-order valence-electron chi connectivity index (χ4n) is 3.47. The lowest BCUT2D eigenvalue weighted by Gasteiger charge is -2.44. The number of aliphatic imine (C=N–C) groups is 1. The number of rotatable bonds is 9. The highest BCUT2D eigenvalue weighted by atomic mass is 32.2. The average Bonchev–Trinajstić information content (AvgIpc) is 3.15.